The third-order valence-electron chi connectivity index (χ3n) is 3.54. The second kappa shape index (κ2) is 6.44. The fraction of sp³-hybridized carbons (Fsp3) is 0.500. The Balaban J connectivity index is 2.43. The molecule has 1 heterocycles. The van der Waals surface area contributed by atoms with Crippen LogP contribution >= 0.6 is 0 Å². The van der Waals surface area contributed by atoms with Gasteiger partial charge in [-0.2, -0.15) is 4.31 Å². The topological polar surface area (TPSA) is 83.9 Å². The van der Waals surface area contributed by atoms with Crippen molar-refractivity contribution in [3.05, 3.63) is 23.8 Å². The Morgan fingerprint density at radius 2 is 1.95 bits per heavy atom. The molecular formula is C14H19NO5S. The molecule has 1 aliphatic rings. The van der Waals surface area contributed by atoms with Crippen molar-refractivity contribution in [2.75, 3.05) is 20.2 Å². The Kier molecular flexibility index (Phi) is 4.84. The number of hydrogen-bond donors (Lipinski definition) is 1. The van der Waals surface area contributed by atoms with Gasteiger partial charge in [-0.1, -0.05) is 6.42 Å². The van der Waals surface area contributed by atoms with Gasteiger partial charge in [0.2, 0.25) is 10.0 Å². The maximum absolute atomic E-state index is 12.7. The van der Waals surface area contributed by atoms with Gasteiger partial charge < -0.3 is 9.84 Å². The van der Waals surface area contributed by atoms with Crippen LogP contribution in [0.25, 0.3) is 0 Å². The van der Waals surface area contributed by atoms with Crippen molar-refractivity contribution < 1.29 is 23.1 Å². The van der Waals surface area contributed by atoms with E-state index in [0.717, 1.165) is 19.3 Å². The van der Waals surface area contributed by atoms with Crippen LogP contribution in [0.4, 0.5) is 0 Å². The Morgan fingerprint density at radius 3 is 2.52 bits per heavy atom. The molecule has 1 fully saturated rings. The Hall–Kier alpha value is -1.60. The zero-order valence-electron chi connectivity index (χ0n) is 11.9. The van der Waals surface area contributed by atoms with Crippen molar-refractivity contribution in [3.8, 4) is 5.75 Å². The van der Waals surface area contributed by atoms with Gasteiger partial charge in [0.15, 0.2) is 0 Å². The van der Waals surface area contributed by atoms with Crippen molar-refractivity contribution in [2.24, 2.45) is 0 Å². The average Bonchev–Trinajstić information content (AvgIpc) is 2.47. The zero-order valence-corrected chi connectivity index (χ0v) is 12.7. The predicted molar refractivity (Wildman–Crippen MR) is 76.9 cm³/mol. The van der Waals surface area contributed by atoms with E-state index in [-0.39, 0.29) is 16.9 Å². The molecule has 6 nitrogen and oxygen atoms in total. The van der Waals surface area contributed by atoms with E-state index in [1.807, 2.05) is 0 Å². The molecule has 0 amide bonds. The van der Waals surface area contributed by atoms with Crippen LogP contribution in [0.15, 0.2) is 23.1 Å². The summed E-state index contributed by atoms with van der Waals surface area (Å²) in [5.74, 6) is -0.623. The highest BCUT2D eigenvalue weighted by Crippen LogP contribution is 2.27. The number of rotatable bonds is 5. The van der Waals surface area contributed by atoms with E-state index >= 15 is 0 Å². The van der Waals surface area contributed by atoms with Gasteiger partial charge in [0.1, 0.15) is 5.75 Å². The summed E-state index contributed by atoms with van der Waals surface area (Å²) >= 11 is 0. The van der Waals surface area contributed by atoms with Crippen LogP contribution in [-0.2, 0) is 21.2 Å². The highest BCUT2D eigenvalue weighted by molar-refractivity contribution is 7.89. The van der Waals surface area contributed by atoms with E-state index in [1.54, 1.807) is 6.07 Å². The van der Waals surface area contributed by atoms with Crippen molar-refractivity contribution in [2.45, 2.75) is 30.6 Å². The molecule has 1 N–H and O–H groups in total. The minimum absolute atomic E-state index is 0.0626. The monoisotopic (exact) mass is 313 g/mol. The number of sulfonamides is 1. The minimum Gasteiger partial charge on any atom is -0.497 e. The zero-order chi connectivity index (χ0) is 15.5. The number of ether oxygens (including phenoxy) is 1. The molecule has 2 rings (SSSR count). The van der Waals surface area contributed by atoms with Crippen molar-refractivity contribution in [3.63, 3.8) is 0 Å². The number of methoxy groups -OCH3 is 1. The maximum atomic E-state index is 12.7. The molecule has 1 saturated heterocycles. The van der Waals surface area contributed by atoms with Gasteiger partial charge in [0.05, 0.1) is 18.4 Å². The van der Waals surface area contributed by atoms with Gasteiger partial charge in [0, 0.05) is 13.1 Å². The molecule has 0 bridgehead atoms. The van der Waals surface area contributed by atoms with Gasteiger partial charge in [-0.05, 0) is 36.6 Å². The normalized spacial score (nSPS) is 16.6. The highest BCUT2D eigenvalue weighted by atomic mass is 32.2. The van der Waals surface area contributed by atoms with E-state index in [9.17, 15) is 13.2 Å². The summed E-state index contributed by atoms with van der Waals surface area (Å²) in [6, 6.07) is 4.45. The lowest BCUT2D eigenvalue weighted by molar-refractivity contribution is -0.136. The molecular weight excluding hydrogens is 294 g/mol. The molecule has 0 saturated carbocycles. The van der Waals surface area contributed by atoms with E-state index in [4.69, 9.17) is 9.84 Å². The number of hydrogen-bond acceptors (Lipinski definition) is 4. The summed E-state index contributed by atoms with van der Waals surface area (Å²) in [4.78, 5) is 11.0. The highest BCUT2D eigenvalue weighted by Gasteiger charge is 2.28. The fourth-order valence-electron chi connectivity index (χ4n) is 2.48. The number of carboxylic acid groups (broad SMARTS) is 1. The van der Waals surface area contributed by atoms with E-state index in [2.05, 4.69) is 0 Å². The molecule has 7 heteroatoms. The largest absolute Gasteiger partial charge is 0.497 e. The quantitative estimate of drug-likeness (QED) is 0.890. The van der Waals surface area contributed by atoms with Gasteiger partial charge in [-0.25, -0.2) is 8.42 Å². The summed E-state index contributed by atoms with van der Waals surface area (Å²) in [7, 11) is -2.19. The molecule has 21 heavy (non-hydrogen) atoms. The standard InChI is InChI=1S/C14H19NO5S/c1-20-12-5-6-13(11(9-12)10-14(16)17)21(18,19)15-7-3-2-4-8-15/h5-6,9H,2-4,7-8,10H2,1H3,(H,16,17). The first-order valence-electron chi connectivity index (χ1n) is 6.84. The van der Waals surface area contributed by atoms with E-state index in [1.165, 1.54) is 23.5 Å². The molecule has 0 radical (unpaired) electrons. The molecule has 1 aliphatic heterocycles. The lowest BCUT2D eigenvalue weighted by Gasteiger charge is -2.26. The third-order valence-corrected chi connectivity index (χ3v) is 5.54. The van der Waals surface area contributed by atoms with Crippen LogP contribution in [0.5, 0.6) is 5.75 Å². The molecule has 116 valence electrons. The Morgan fingerprint density at radius 1 is 1.29 bits per heavy atom. The first-order valence-corrected chi connectivity index (χ1v) is 8.28. The molecule has 1 aromatic carbocycles. The summed E-state index contributed by atoms with van der Waals surface area (Å²) in [6.45, 7) is 0.974. The second-order valence-electron chi connectivity index (χ2n) is 5.01. The Labute approximate surface area is 124 Å². The number of piperidine rings is 1. The number of carboxylic acids is 1. The SMILES string of the molecule is COc1ccc(S(=O)(=O)N2CCCCC2)c(CC(=O)O)c1. The molecule has 0 aromatic heterocycles. The lowest BCUT2D eigenvalue weighted by Crippen LogP contribution is -2.36. The third kappa shape index (κ3) is 3.54. The average molecular weight is 313 g/mol. The lowest BCUT2D eigenvalue weighted by atomic mass is 10.1. The number of carbonyl (C=O) groups is 1. The van der Waals surface area contributed by atoms with Crippen LogP contribution in [0.3, 0.4) is 0 Å². The summed E-state index contributed by atoms with van der Waals surface area (Å²) < 4.78 is 31.8. The molecule has 0 atom stereocenters. The second-order valence-corrected chi connectivity index (χ2v) is 6.92. The Bertz CT molecular complexity index is 620. The summed E-state index contributed by atoms with van der Waals surface area (Å²) in [6.07, 6.45) is 2.35. The van der Waals surface area contributed by atoms with Crippen molar-refractivity contribution in [1.82, 2.24) is 4.31 Å². The number of aliphatic carboxylic acids is 1. The summed E-state index contributed by atoms with van der Waals surface area (Å²) in [5.41, 5.74) is 0.257. The van der Waals surface area contributed by atoms with Gasteiger partial charge in [-0.15, -0.1) is 0 Å². The first-order chi connectivity index (χ1) is 9.95. The molecule has 0 unspecified atom stereocenters. The van der Waals surface area contributed by atoms with Crippen LogP contribution < -0.4 is 4.74 Å². The van der Waals surface area contributed by atoms with E-state index in [0.29, 0.717) is 18.8 Å². The maximum Gasteiger partial charge on any atom is 0.307 e. The number of benzene rings is 1. The van der Waals surface area contributed by atoms with Crippen molar-refractivity contribution >= 4 is 16.0 Å². The van der Waals surface area contributed by atoms with Gasteiger partial charge >= 0.3 is 5.97 Å². The molecule has 0 aliphatic carbocycles. The summed E-state index contributed by atoms with van der Waals surface area (Å²) in [5, 5.41) is 8.98. The fourth-order valence-corrected chi connectivity index (χ4v) is 4.20. The van der Waals surface area contributed by atoms with Crippen LogP contribution in [-0.4, -0.2) is 44.0 Å². The molecule has 1 aromatic rings. The van der Waals surface area contributed by atoms with Gasteiger partial charge in [-0.3, -0.25) is 4.79 Å². The first kappa shape index (κ1) is 15.8. The van der Waals surface area contributed by atoms with E-state index < -0.39 is 16.0 Å². The van der Waals surface area contributed by atoms with Crippen LogP contribution in [0, 0.1) is 0 Å². The van der Waals surface area contributed by atoms with Crippen LogP contribution in [0.1, 0.15) is 24.8 Å². The number of nitrogens with zero attached hydrogens (tertiary/aromatic N) is 1. The molecule has 0 spiro atoms. The predicted octanol–water partition coefficient (Wildman–Crippen LogP) is 1.50. The minimum atomic E-state index is -3.65. The van der Waals surface area contributed by atoms with Crippen LogP contribution in [0.2, 0.25) is 0 Å². The smallest absolute Gasteiger partial charge is 0.307 e. The van der Waals surface area contributed by atoms with Crippen molar-refractivity contribution in [1.29, 1.82) is 0 Å². The van der Waals surface area contributed by atoms with Gasteiger partial charge in [0.25, 0.3) is 0 Å².